The number of aryl methyl sites for hydroxylation is 1. The van der Waals surface area contributed by atoms with E-state index < -0.39 is 0 Å². The number of ether oxygens (including phenoxy) is 1. The second-order valence-electron chi connectivity index (χ2n) is 4.95. The Bertz CT molecular complexity index is 564. The lowest BCUT2D eigenvalue weighted by Crippen LogP contribution is -2.00. The van der Waals surface area contributed by atoms with Gasteiger partial charge in [0.2, 0.25) is 5.88 Å². The highest BCUT2D eigenvalue weighted by molar-refractivity contribution is 5.38. The first-order valence-corrected chi connectivity index (χ1v) is 6.54. The van der Waals surface area contributed by atoms with Crippen LogP contribution in [0.15, 0.2) is 36.4 Å². The van der Waals surface area contributed by atoms with Crippen LogP contribution in [0.25, 0.3) is 0 Å². The summed E-state index contributed by atoms with van der Waals surface area (Å²) in [6.07, 6.45) is 0. The smallest absolute Gasteiger partial charge is 0.219 e. The molecule has 0 unspecified atom stereocenters. The van der Waals surface area contributed by atoms with Crippen LogP contribution in [0.5, 0.6) is 11.6 Å². The largest absolute Gasteiger partial charge is 0.439 e. The molecule has 1 heterocycles. The van der Waals surface area contributed by atoms with Crippen molar-refractivity contribution in [1.29, 1.82) is 0 Å². The van der Waals surface area contributed by atoms with Crippen LogP contribution < -0.4 is 10.5 Å². The Morgan fingerprint density at radius 1 is 1.21 bits per heavy atom. The predicted molar refractivity (Wildman–Crippen MR) is 77.5 cm³/mol. The molecule has 1 aromatic heterocycles. The van der Waals surface area contributed by atoms with Gasteiger partial charge in [0.15, 0.2) is 0 Å². The summed E-state index contributed by atoms with van der Waals surface area (Å²) in [5, 5.41) is 0. The minimum atomic E-state index is 0.419. The summed E-state index contributed by atoms with van der Waals surface area (Å²) < 4.78 is 5.77. The zero-order valence-electron chi connectivity index (χ0n) is 11.7. The fourth-order valence-electron chi connectivity index (χ4n) is 2.11. The third-order valence-corrected chi connectivity index (χ3v) is 3.08. The van der Waals surface area contributed by atoms with Crippen molar-refractivity contribution in [3.8, 4) is 11.6 Å². The van der Waals surface area contributed by atoms with Gasteiger partial charge in [-0.3, -0.25) is 0 Å². The van der Waals surface area contributed by atoms with Gasteiger partial charge >= 0.3 is 0 Å². The fourth-order valence-corrected chi connectivity index (χ4v) is 2.11. The van der Waals surface area contributed by atoms with Gasteiger partial charge in [0.25, 0.3) is 0 Å². The number of aromatic nitrogens is 1. The van der Waals surface area contributed by atoms with Gasteiger partial charge in [-0.2, -0.15) is 0 Å². The molecule has 0 atom stereocenters. The summed E-state index contributed by atoms with van der Waals surface area (Å²) in [6, 6.07) is 11.8. The number of hydrogen-bond donors (Lipinski definition) is 1. The molecule has 0 spiro atoms. The van der Waals surface area contributed by atoms with E-state index in [-0.39, 0.29) is 0 Å². The zero-order valence-corrected chi connectivity index (χ0v) is 11.7. The molecule has 3 nitrogen and oxygen atoms in total. The van der Waals surface area contributed by atoms with E-state index in [0.29, 0.717) is 18.3 Å². The van der Waals surface area contributed by atoms with Gasteiger partial charge in [-0.05, 0) is 42.2 Å². The summed E-state index contributed by atoms with van der Waals surface area (Å²) in [5.74, 6) is 1.91. The van der Waals surface area contributed by atoms with Crippen molar-refractivity contribution in [3.05, 3.63) is 53.2 Å². The van der Waals surface area contributed by atoms with Crippen molar-refractivity contribution < 1.29 is 4.74 Å². The van der Waals surface area contributed by atoms with Gasteiger partial charge < -0.3 is 10.5 Å². The van der Waals surface area contributed by atoms with Crippen LogP contribution in [0.3, 0.4) is 0 Å². The standard InChI is InChI=1S/C16H20N2O/c1-11(2)15-8-7-14(9-12(15)3)19-16-6-4-5-13(10-17)18-16/h4-9,11H,10,17H2,1-3H3. The maximum absolute atomic E-state index is 5.77. The van der Waals surface area contributed by atoms with E-state index in [9.17, 15) is 0 Å². The van der Waals surface area contributed by atoms with E-state index in [1.54, 1.807) is 0 Å². The lowest BCUT2D eigenvalue weighted by Gasteiger charge is -2.12. The third-order valence-electron chi connectivity index (χ3n) is 3.08. The summed E-state index contributed by atoms with van der Waals surface area (Å²) >= 11 is 0. The summed E-state index contributed by atoms with van der Waals surface area (Å²) in [5.41, 5.74) is 8.98. The van der Waals surface area contributed by atoms with E-state index in [4.69, 9.17) is 10.5 Å². The number of hydrogen-bond acceptors (Lipinski definition) is 3. The first-order chi connectivity index (χ1) is 9.10. The van der Waals surface area contributed by atoms with E-state index in [2.05, 4.69) is 31.8 Å². The maximum atomic E-state index is 5.77. The molecule has 0 aliphatic heterocycles. The summed E-state index contributed by atoms with van der Waals surface area (Å²) in [6.45, 7) is 6.90. The topological polar surface area (TPSA) is 48.1 Å². The third kappa shape index (κ3) is 3.32. The molecule has 0 saturated heterocycles. The first kappa shape index (κ1) is 13.6. The average molecular weight is 256 g/mol. The number of pyridine rings is 1. The first-order valence-electron chi connectivity index (χ1n) is 6.54. The minimum Gasteiger partial charge on any atom is -0.439 e. The summed E-state index contributed by atoms with van der Waals surface area (Å²) in [7, 11) is 0. The van der Waals surface area contributed by atoms with Crippen LogP contribution in [0, 0.1) is 6.92 Å². The van der Waals surface area contributed by atoms with Gasteiger partial charge in [-0.1, -0.05) is 26.0 Å². The van der Waals surface area contributed by atoms with E-state index in [0.717, 1.165) is 11.4 Å². The van der Waals surface area contributed by atoms with Crippen molar-refractivity contribution in [2.75, 3.05) is 0 Å². The number of benzene rings is 1. The average Bonchev–Trinajstić information content (AvgIpc) is 2.38. The van der Waals surface area contributed by atoms with Crippen LogP contribution in [-0.4, -0.2) is 4.98 Å². The molecule has 0 amide bonds. The Labute approximate surface area is 114 Å². The highest BCUT2D eigenvalue weighted by atomic mass is 16.5. The van der Waals surface area contributed by atoms with Gasteiger partial charge in [-0.25, -0.2) is 4.98 Å². The molecule has 2 N–H and O–H groups in total. The maximum Gasteiger partial charge on any atom is 0.219 e. The molecule has 1 aromatic carbocycles. The monoisotopic (exact) mass is 256 g/mol. The normalized spacial score (nSPS) is 10.8. The fraction of sp³-hybridized carbons (Fsp3) is 0.312. The minimum absolute atomic E-state index is 0.419. The number of nitrogens with zero attached hydrogens (tertiary/aromatic N) is 1. The van der Waals surface area contributed by atoms with Crippen LogP contribution in [0.1, 0.15) is 36.6 Å². The van der Waals surface area contributed by atoms with Crippen molar-refractivity contribution in [1.82, 2.24) is 4.98 Å². The Hall–Kier alpha value is -1.87. The Morgan fingerprint density at radius 2 is 2.00 bits per heavy atom. The quantitative estimate of drug-likeness (QED) is 0.906. The van der Waals surface area contributed by atoms with E-state index in [1.165, 1.54) is 11.1 Å². The predicted octanol–water partition coefficient (Wildman–Crippen LogP) is 3.76. The SMILES string of the molecule is Cc1cc(Oc2cccc(CN)n2)ccc1C(C)C. The summed E-state index contributed by atoms with van der Waals surface area (Å²) in [4.78, 5) is 4.33. The van der Waals surface area contributed by atoms with Crippen LogP contribution >= 0.6 is 0 Å². The van der Waals surface area contributed by atoms with Crippen LogP contribution in [-0.2, 0) is 6.54 Å². The second kappa shape index (κ2) is 5.85. The van der Waals surface area contributed by atoms with E-state index in [1.807, 2.05) is 30.3 Å². The van der Waals surface area contributed by atoms with Crippen LogP contribution in [0.4, 0.5) is 0 Å². The highest BCUT2D eigenvalue weighted by Gasteiger charge is 2.06. The molecular formula is C16H20N2O. The molecule has 3 heteroatoms. The molecule has 0 aliphatic carbocycles. The van der Waals surface area contributed by atoms with Crippen LogP contribution in [0.2, 0.25) is 0 Å². The van der Waals surface area contributed by atoms with Gasteiger partial charge in [-0.15, -0.1) is 0 Å². The molecule has 0 bridgehead atoms. The van der Waals surface area contributed by atoms with Crippen molar-refractivity contribution in [3.63, 3.8) is 0 Å². The van der Waals surface area contributed by atoms with Gasteiger partial charge in [0.1, 0.15) is 5.75 Å². The molecule has 2 rings (SSSR count). The van der Waals surface area contributed by atoms with Crippen molar-refractivity contribution in [2.45, 2.75) is 33.2 Å². The van der Waals surface area contributed by atoms with E-state index >= 15 is 0 Å². The Morgan fingerprint density at radius 3 is 2.63 bits per heavy atom. The molecule has 2 aromatic rings. The number of rotatable bonds is 4. The molecule has 0 fully saturated rings. The molecule has 19 heavy (non-hydrogen) atoms. The number of nitrogens with two attached hydrogens (primary N) is 1. The van der Waals surface area contributed by atoms with Crippen molar-refractivity contribution >= 4 is 0 Å². The van der Waals surface area contributed by atoms with Gasteiger partial charge in [0.05, 0.1) is 5.69 Å². The van der Waals surface area contributed by atoms with Crippen molar-refractivity contribution in [2.24, 2.45) is 5.73 Å². The molecule has 100 valence electrons. The molecule has 0 radical (unpaired) electrons. The molecule has 0 saturated carbocycles. The molecule has 0 aliphatic rings. The highest BCUT2D eigenvalue weighted by Crippen LogP contribution is 2.26. The zero-order chi connectivity index (χ0) is 13.8. The lowest BCUT2D eigenvalue weighted by atomic mass is 9.98. The second-order valence-corrected chi connectivity index (χ2v) is 4.95. The Balaban J connectivity index is 2.21. The lowest BCUT2D eigenvalue weighted by molar-refractivity contribution is 0.460. The molecular weight excluding hydrogens is 236 g/mol. The van der Waals surface area contributed by atoms with Gasteiger partial charge in [0, 0.05) is 12.6 Å². The Kier molecular flexibility index (Phi) is 4.17.